The zero-order chi connectivity index (χ0) is 22.5. The van der Waals surface area contributed by atoms with Crippen LogP contribution in [-0.2, 0) is 9.59 Å². The smallest absolute Gasteiger partial charge is 0.291 e. The lowest BCUT2D eigenvalue weighted by Gasteiger charge is -2.28. The highest BCUT2D eigenvalue weighted by Crippen LogP contribution is 2.39. The number of ketones is 2. The number of hydrogen-bond acceptors (Lipinski definition) is 6. The number of ether oxygens (including phenoxy) is 2. The second-order valence-corrected chi connectivity index (χ2v) is 7.81. The van der Waals surface area contributed by atoms with Crippen molar-refractivity contribution in [2.24, 2.45) is 5.92 Å². The first-order valence-corrected chi connectivity index (χ1v) is 10.2. The number of likely N-dealkylation sites (tertiary alicyclic amines) is 1. The standard InChI is InChI=1S/C24H28N2O5/c1-25(2)14-5-15-26-21(16-6-10-18(30-3)11-7-16)20(23(28)24(26)29)22(27)17-8-12-19(31-4)13-9-17/h6-13,20-21H,5,14-15H2,1-4H3. The Kier molecular flexibility index (Phi) is 7.07. The molecule has 0 aliphatic carbocycles. The van der Waals surface area contributed by atoms with Gasteiger partial charge in [-0.3, -0.25) is 14.4 Å². The van der Waals surface area contributed by atoms with Crippen LogP contribution in [0.4, 0.5) is 0 Å². The topological polar surface area (TPSA) is 76.2 Å². The molecule has 1 aliphatic heterocycles. The molecule has 0 N–H and O–H groups in total. The molecule has 2 unspecified atom stereocenters. The van der Waals surface area contributed by atoms with Gasteiger partial charge in [-0.05, 0) is 69.0 Å². The van der Waals surface area contributed by atoms with Crippen LogP contribution in [0.15, 0.2) is 48.5 Å². The molecule has 2 aromatic rings. The number of amides is 1. The van der Waals surface area contributed by atoms with E-state index in [1.54, 1.807) is 55.5 Å². The number of carbonyl (C=O) groups excluding carboxylic acids is 3. The van der Waals surface area contributed by atoms with E-state index in [1.807, 2.05) is 31.1 Å². The molecule has 0 bridgehead atoms. The Morgan fingerprint density at radius 1 is 0.935 bits per heavy atom. The molecule has 1 fully saturated rings. The van der Waals surface area contributed by atoms with E-state index in [0.717, 1.165) is 12.1 Å². The normalized spacial score (nSPS) is 18.5. The van der Waals surface area contributed by atoms with Gasteiger partial charge in [0.1, 0.15) is 17.4 Å². The number of nitrogens with zero attached hydrogens (tertiary/aromatic N) is 2. The van der Waals surface area contributed by atoms with E-state index in [2.05, 4.69) is 0 Å². The van der Waals surface area contributed by atoms with Crippen LogP contribution < -0.4 is 9.47 Å². The number of benzene rings is 2. The number of methoxy groups -OCH3 is 2. The maximum atomic E-state index is 13.4. The first-order valence-electron chi connectivity index (χ1n) is 10.2. The molecule has 0 saturated carbocycles. The van der Waals surface area contributed by atoms with Crippen molar-refractivity contribution in [3.8, 4) is 11.5 Å². The number of rotatable bonds is 9. The number of hydrogen-bond donors (Lipinski definition) is 0. The minimum atomic E-state index is -1.09. The van der Waals surface area contributed by atoms with Crippen molar-refractivity contribution in [1.29, 1.82) is 0 Å². The largest absolute Gasteiger partial charge is 0.497 e. The van der Waals surface area contributed by atoms with Gasteiger partial charge in [0.15, 0.2) is 5.78 Å². The van der Waals surface area contributed by atoms with E-state index in [0.29, 0.717) is 30.0 Å². The minimum absolute atomic E-state index is 0.364. The Balaban J connectivity index is 1.97. The third-order valence-corrected chi connectivity index (χ3v) is 5.52. The van der Waals surface area contributed by atoms with Crippen LogP contribution in [-0.4, -0.2) is 68.7 Å². The van der Waals surface area contributed by atoms with Crippen LogP contribution in [0.5, 0.6) is 11.5 Å². The van der Waals surface area contributed by atoms with Crippen molar-refractivity contribution >= 4 is 17.5 Å². The quantitative estimate of drug-likeness (QED) is 0.350. The molecule has 7 nitrogen and oxygen atoms in total. The van der Waals surface area contributed by atoms with Crippen molar-refractivity contribution in [2.45, 2.75) is 12.5 Å². The van der Waals surface area contributed by atoms with Gasteiger partial charge in [-0.15, -0.1) is 0 Å². The zero-order valence-electron chi connectivity index (χ0n) is 18.3. The molecule has 164 valence electrons. The highest BCUT2D eigenvalue weighted by Gasteiger charge is 2.51. The summed E-state index contributed by atoms with van der Waals surface area (Å²) in [4.78, 5) is 42.8. The van der Waals surface area contributed by atoms with E-state index >= 15 is 0 Å². The molecule has 1 aliphatic rings. The second kappa shape index (κ2) is 9.75. The van der Waals surface area contributed by atoms with E-state index in [9.17, 15) is 14.4 Å². The van der Waals surface area contributed by atoms with Crippen LogP contribution in [0.2, 0.25) is 0 Å². The predicted molar refractivity (Wildman–Crippen MR) is 116 cm³/mol. The molecule has 31 heavy (non-hydrogen) atoms. The summed E-state index contributed by atoms with van der Waals surface area (Å²) in [6, 6.07) is 13.1. The summed E-state index contributed by atoms with van der Waals surface area (Å²) < 4.78 is 10.4. The summed E-state index contributed by atoms with van der Waals surface area (Å²) in [7, 11) is 7.02. The van der Waals surface area contributed by atoms with Gasteiger partial charge >= 0.3 is 0 Å². The number of carbonyl (C=O) groups is 3. The predicted octanol–water partition coefficient (Wildman–Crippen LogP) is 2.61. The van der Waals surface area contributed by atoms with Crippen LogP contribution >= 0.6 is 0 Å². The molecule has 0 radical (unpaired) electrons. The van der Waals surface area contributed by atoms with Crippen molar-refractivity contribution < 1.29 is 23.9 Å². The molecule has 1 heterocycles. The van der Waals surface area contributed by atoms with E-state index in [-0.39, 0.29) is 5.78 Å². The Bertz CT molecular complexity index is 937. The molecular formula is C24H28N2O5. The van der Waals surface area contributed by atoms with Gasteiger partial charge in [0, 0.05) is 12.1 Å². The lowest BCUT2D eigenvalue weighted by molar-refractivity contribution is -0.140. The van der Waals surface area contributed by atoms with Gasteiger partial charge in [0.2, 0.25) is 5.78 Å². The second-order valence-electron chi connectivity index (χ2n) is 7.81. The molecule has 0 spiro atoms. The summed E-state index contributed by atoms with van der Waals surface area (Å²) in [5.74, 6) is -1.44. The van der Waals surface area contributed by atoms with Crippen LogP contribution in [0.1, 0.15) is 28.4 Å². The van der Waals surface area contributed by atoms with Gasteiger partial charge in [-0.1, -0.05) is 12.1 Å². The zero-order valence-corrected chi connectivity index (χ0v) is 18.3. The molecule has 0 aromatic heterocycles. The molecule has 3 rings (SSSR count). The molecule has 2 atom stereocenters. The van der Waals surface area contributed by atoms with Crippen LogP contribution in [0.25, 0.3) is 0 Å². The number of Topliss-reactive ketones (excluding diaryl/α,β-unsaturated/α-hetero) is 2. The molecule has 2 aromatic carbocycles. The van der Waals surface area contributed by atoms with Crippen molar-refractivity contribution in [1.82, 2.24) is 9.80 Å². The fourth-order valence-electron chi connectivity index (χ4n) is 3.89. The highest BCUT2D eigenvalue weighted by molar-refractivity contribution is 6.44. The summed E-state index contributed by atoms with van der Waals surface area (Å²) in [6.45, 7) is 1.16. The Hall–Kier alpha value is -3.19. The average Bonchev–Trinajstić information content (AvgIpc) is 3.03. The van der Waals surface area contributed by atoms with Gasteiger partial charge in [-0.25, -0.2) is 0 Å². The first-order chi connectivity index (χ1) is 14.9. The fourth-order valence-corrected chi connectivity index (χ4v) is 3.89. The Morgan fingerprint density at radius 2 is 1.48 bits per heavy atom. The SMILES string of the molecule is COc1ccc(C(=O)C2C(=O)C(=O)N(CCCN(C)C)C2c2ccc(OC)cc2)cc1. The van der Waals surface area contributed by atoms with Gasteiger partial charge < -0.3 is 19.3 Å². The molecule has 1 amide bonds. The van der Waals surface area contributed by atoms with Crippen LogP contribution in [0, 0.1) is 5.92 Å². The molecule has 1 saturated heterocycles. The van der Waals surface area contributed by atoms with E-state index in [4.69, 9.17) is 9.47 Å². The first kappa shape index (κ1) is 22.5. The average molecular weight is 424 g/mol. The summed E-state index contributed by atoms with van der Waals surface area (Å²) in [6.07, 6.45) is 0.697. The maximum absolute atomic E-state index is 13.4. The lowest BCUT2D eigenvalue weighted by Crippen LogP contribution is -2.33. The van der Waals surface area contributed by atoms with Gasteiger partial charge in [0.05, 0.1) is 20.3 Å². The molecule has 7 heteroatoms. The van der Waals surface area contributed by atoms with Crippen molar-refractivity contribution in [3.63, 3.8) is 0 Å². The lowest BCUT2D eigenvalue weighted by atomic mass is 9.86. The van der Waals surface area contributed by atoms with Gasteiger partial charge in [0.25, 0.3) is 5.91 Å². The van der Waals surface area contributed by atoms with E-state index in [1.165, 1.54) is 0 Å². The maximum Gasteiger partial charge on any atom is 0.291 e. The minimum Gasteiger partial charge on any atom is -0.497 e. The van der Waals surface area contributed by atoms with E-state index < -0.39 is 23.7 Å². The monoisotopic (exact) mass is 424 g/mol. The third kappa shape index (κ3) is 4.77. The highest BCUT2D eigenvalue weighted by atomic mass is 16.5. The Morgan fingerprint density at radius 3 is 2.00 bits per heavy atom. The Labute approximate surface area is 182 Å². The third-order valence-electron chi connectivity index (χ3n) is 5.52. The van der Waals surface area contributed by atoms with Gasteiger partial charge in [-0.2, -0.15) is 0 Å². The van der Waals surface area contributed by atoms with Crippen molar-refractivity contribution in [3.05, 3.63) is 59.7 Å². The summed E-state index contributed by atoms with van der Waals surface area (Å²) in [5, 5.41) is 0. The fraction of sp³-hybridized carbons (Fsp3) is 0.375. The summed E-state index contributed by atoms with van der Waals surface area (Å²) in [5.41, 5.74) is 1.11. The van der Waals surface area contributed by atoms with Crippen LogP contribution in [0.3, 0.4) is 0 Å². The molecular weight excluding hydrogens is 396 g/mol. The summed E-state index contributed by atoms with van der Waals surface area (Å²) >= 11 is 0. The van der Waals surface area contributed by atoms with Crippen molar-refractivity contribution in [2.75, 3.05) is 41.4 Å².